The smallest absolute Gasteiger partial charge is 0.0373 e. The van der Waals surface area contributed by atoms with Gasteiger partial charge in [0.15, 0.2) is 0 Å². The second-order valence-electron chi connectivity index (χ2n) is 5.59. The molecule has 0 atom stereocenters. The van der Waals surface area contributed by atoms with Crippen molar-refractivity contribution in [3.63, 3.8) is 0 Å². The average molecular weight is 354 g/mol. The van der Waals surface area contributed by atoms with Crippen molar-refractivity contribution in [2.24, 2.45) is 0 Å². The van der Waals surface area contributed by atoms with Crippen LogP contribution in [-0.4, -0.2) is 4.98 Å². The van der Waals surface area contributed by atoms with Gasteiger partial charge in [-0.1, -0.05) is 111 Å². The number of aryl methyl sites for hydroxylation is 1. The first-order valence-electron chi connectivity index (χ1n) is 8.71. The van der Waals surface area contributed by atoms with Gasteiger partial charge in [-0.05, 0) is 35.2 Å². The van der Waals surface area contributed by atoms with Gasteiger partial charge >= 0.3 is 0 Å². The maximum atomic E-state index is 4.08. The van der Waals surface area contributed by atoms with Gasteiger partial charge in [-0.3, -0.25) is 4.98 Å². The van der Waals surface area contributed by atoms with E-state index in [-0.39, 0.29) is 0 Å². The van der Waals surface area contributed by atoms with Crippen LogP contribution in [0, 0.1) is 6.92 Å². The molecular formula is C26H27N. The molecule has 0 fully saturated rings. The minimum absolute atomic E-state index is 1.04. The standard InChI is InChI=1S/C10H10.C8H9N.C8H8/c1-3-9-7-5-6-8-10(9)4-2;1-3-8-5-4-7(2)9-6-8;1-2-8-6-4-3-5-7-8/h3-8H,1-2H2;3-6H,1H2,2H3;2-7H,1H2. The summed E-state index contributed by atoms with van der Waals surface area (Å²) in [6.45, 7) is 16.6. The predicted octanol–water partition coefficient (Wildman–Crippen LogP) is 7.34. The van der Waals surface area contributed by atoms with E-state index in [1.807, 2.05) is 98.1 Å². The summed E-state index contributed by atoms with van der Waals surface area (Å²) in [4.78, 5) is 4.08. The molecule has 0 aliphatic carbocycles. The van der Waals surface area contributed by atoms with Crippen LogP contribution in [-0.2, 0) is 0 Å². The Morgan fingerprint density at radius 3 is 1.48 bits per heavy atom. The van der Waals surface area contributed by atoms with E-state index in [2.05, 4.69) is 31.3 Å². The fourth-order valence-corrected chi connectivity index (χ4v) is 2.07. The number of benzene rings is 2. The van der Waals surface area contributed by atoms with E-state index >= 15 is 0 Å². The number of hydrogen-bond acceptors (Lipinski definition) is 1. The predicted molar refractivity (Wildman–Crippen MR) is 122 cm³/mol. The third kappa shape index (κ3) is 8.46. The molecule has 0 radical (unpaired) electrons. The molecule has 0 N–H and O–H groups in total. The Labute approximate surface area is 163 Å². The van der Waals surface area contributed by atoms with Gasteiger partial charge in [0.2, 0.25) is 0 Å². The Balaban J connectivity index is 0.000000204. The monoisotopic (exact) mass is 353 g/mol. The Bertz CT molecular complexity index is 816. The number of nitrogens with zero attached hydrogens (tertiary/aromatic N) is 1. The number of pyridine rings is 1. The van der Waals surface area contributed by atoms with E-state index in [1.165, 1.54) is 5.56 Å². The summed E-state index contributed by atoms with van der Waals surface area (Å²) in [6.07, 6.45) is 9.09. The first kappa shape index (κ1) is 21.6. The zero-order valence-electron chi connectivity index (χ0n) is 16.0. The van der Waals surface area contributed by atoms with E-state index in [4.69, 9.17) is 0 Å². The largest absolute Gasteiger partial charge is 0.261 e. The van der Waals surface area contributed by atoms with Gasteiger partial charge in [-0.15, -0.1) is 0 Å². The van der Waals surface area contributed by atoms with E-state index in [9.17, 15) is 0 Å². The Kier molecular flexibility index (Phi) is 10.3. The molecule has 3 rings (SSSR count). The van der Waals surface area contributed by atoms with E-state index in [0.29, 0.717) is 0 Å². The Morgan fingerprint density at radius 2 is 1.11 bits per heavy atom. The van der Waals surface area contributed by atoms with Crippen LogP contribution in [0.4, 0.5) is 0 Å². The van der Waals surface area contributed by atoms with Crippen molar-refractivity contribution in [1.29, 1.82) is 0 Å². The maximum absolute atomic E-state index is 4.08. The summed E-state index contributed by atoms with van der Waals surface area (Å²) >= 11 is 0. The molecule has 0 saturated heterocycles. The van der Waals surface area contributed by atoms with Gasteiger partial charge in [0.05, 0.1) is 0 Å². The third-order valence-electron chi connectivity index (χ3n) is 3.64. The van der Waals surface area contributed by atoms with Gasteiger partial charge in [-0.25, -0.2) is 0 Å². The normalized spacial score (nSPS) is 8.78. The molecule has 0 spiro atoms. The SMILES string of the molecule is C=Cc1ccc(C)nc1.C=Cc1ccccc1.C=Cc1ccccc1C=C. The van der Waals surface area contributed by atoms with Crippen LogP contribution in [0.2, 0.25) is 0 Å². The minimum atomic E-state index is 1.04. The van der Waals surface area contributed by atoms with Crippen LogP contribution < -0.4 is 0 Å². The molecule has 27 heavy (non-hydrogen) atoms. The quantitative estimate of drug-likeness (QED) is 0.478. The highest BCUT2D eigenvalue weighted by Crippen LogP contribution is 2.10. The van der Waals surface area contributed by atoms with E-state index in [0.717, 1.165) is 22.4 Å². The highest BCUT2D eigenvalue weighted by Gasteiger charge is 1.89. The zero-order chi connectivity index (χ0) is 19.9. The third-order valence-corrected chi connectivity index (χ3v) is 3.64. The highest BCUT2D eigenvalue weighted by molar-refractivity contribution is 5.63. The molecule has 136 valence electrons. The first-order chi connectivity index (χ1) is 13.1. The summed E-state index contributed by atoms with van der Waals surface area (Å²) in [5.41, 5.74) is 5.56. The van der Waals surface area contributed by atoms with Crippen LogP contribution in [0.1, 0.15) is 27.9 Å². The maximum Gasteiger partial charge on any atom is 0.0373 e. The van der Waals surface area contributed by atoms with Gasteiger partial charge < -0.3 is 0 Å². The van der Waals surface area contributed by atoms with Crippen LogP contribution in [0.15, 0.2) is 99.2 Å². The van der Waals surface area contributed by atoms with Gasteiger partial charge in [0, 0.05) is 11.9 Å². The van der Waals surface area contributed by atoms with Crippen LogP contribution >= 0.6 is 0 Å². The molecule has 0 aliphatic heterocycles. The van der Waals surface area contributed by atoms with Crippen molar-refractivity contribution in [3.8, 4) is 0 Å². The van der Waals surface area contributed by atoms with Crippen LogP contribution in [0.5, 0.6) is 0 Å². The molecule has 1 nitrogen and oxygen atoms in total. The van der Waals surface area contributed by atoms with Crippen molar-refractivity contribution in [3.05, 3.63) is 127 Å². The summed E-state index contributed by atoms with van der Waals surface area (Å²) < 4.78 is 0. The molecule has 0 aliphatic rings. The fraction of sp³-hybridized carbons (Fsp3) is 0.0385. The molecular weight excluding hydrogens is 326 g/mol. The lowest BCUT2D eigenvalue weighted by Gasteiger charge is -1.96. The lowest BCUT2D eigenvalue weighted by Crippen LogP contribution is -1.78. The second-order valence-corrected chi connectivity index (χ2v) is 5.59. The molecule has 1 aromatic heterocycles. The molecule has 2 aromatic carbocycles. The topological polar surface area (TPSA) is 12.9 Å². The van der Waals surface area contributed by atoms with Crippen molar-refractivity contribution in [1.82, 2.24) is 4.98 Å². The second kappa shape index (κ2) is 12.8. The molecule has 0 unspecified atom stereocenters. The van der Waals surface area contributed by atoms with Crippen LogP contribution in [0.25, 0.3) is 24.3 Å². The first-order valence-corrected chi connectivity index (χ1v) is 8.71. The fourth-order valence-electron chi connectivity index (χ4n) is 2.07. The lowest BCUT2D eigenvalue weighted by atomic mass is 10.1. The van der Waals surface area contributed by atoms with Gasteiger partial charge in [0.1, 0.15) is 0 Å². The Morgan fingerprint density at radius 1 is 0.593 bits per heavy atom. The minimum Gasteiger partial charge on any atom is -0.261 e. The summed E-state index contributed by atoms with van der Waals surface area (Å²) in [5, 5.41) is 0. The molecule has 0 bridgehead atoms. The summed E-state index contributed by atoms with van der Waals surface area (Å²) in [6, 6.07) is 22.0. The van der Waals surface area contributed by atoms with Crippen molar-refractivity contribution < 1.29 is 0 Å². The van der Waals surface area contributed by atoms with Gasteiger partial charge in [0.25, 0.3) is 0 Å². The number of aromatic nitrogens is 1. The van der Waals surface area contributed by atoms with E-state index < -0.39 is 0 Å². The van der Waals surface area contributed by atoms with Crippen LogP contribution in [0.3, 0.4) is 0 Å². The van der Waals surface area contributed by atoms with Crippen molar-refractivity contribution in [2.45, 2.75) is 6.92 Å². The van der Waals surface area contributed by atoms with Crippen molar-refractivity contribution in [2.75, 3.05) is 0 Å². The van der Waals surface area contributed by atoms with Crippen molar-refractivity contribution >= 4 is 24.3 Å². The summed E-state index contributed by atoms with van der Waals surface area (Å²) in [5.74, 6) is 0. The van der Waals surface area contributed by atoms with E-state index in [1.54, 1.807) is 6.08 Å². The zero-order valence-corrected chi connectivity index (χ0v) is 16.0. The lowest BCUT2D eigenvalue weighted by molar-refractivity contribution is 1.19. The molecule has 0 amide bonds. The molecule has 0 saturated carbocycles. The Hall–Kier alpha value is -3.45. The average Bonchev–Trinajstić information content (AvgIpc) is 2.75. The molecule has 1 heteroatoms. The number of hydrogen-bond donors (Lipinski definition) is 0. The molecule has 3 aromatic rings. The highest BCUT2D eigenvalue weighted by atomic mass is 14.6. The molecule has 1 heterocycles. The summed E-state index contributed by atoms with van der Waals surface area (Å²) in [7, 11) is 0. The van der Waals surface area contributed by atoms with Gasteiger partial charge in [-0.2, -0.15) is 0 Å². The number of rotatable bonds is 4.